The summed E-state index contributed by atoms with van der Waals surface area (Å²) in [4.78, 5) is 32.1. The summed E-state index contributed by atoms with van der Waals surface area (Å²) in [6.07, 6.45) is 7.48. The number of allylic oxidation sites excluding steroid dienone is 1. The summed E-state index contributed by atoms with van der Waals surface area (Å²) >= 11 is 0. The molecule has 0 spiro atoms. The maximum atomic E-state index is 11.1. The van der Waals surface area contributed by atoms with Gasteiger partial charge in [-0.25, -0.2) is 0 Å². The molecule has 0 saturated heterocycles. The van der Waals surface area contributed by atoms with Gasteiger partial charge >= 0.3 is 11.9 Å². The third-order valence-electron chi connectivity index (χ3n) is 2.13. The topological polar surface area (TPSA) is 55.8 Å². The second-order valence-corrected chi connectivity index (χ2v) is 3.76. The van der Waals surface area contributed by atoms with E-state index in [-0.39, 0.29) is 19.4 Å². The maximum absolute atomic E-state index is 11.1. The van der Waals surface area contributed by atoms with E-state index in [1.54, 1.807) is 13.8 Å². The zero-order chi connectivity index (χ0) is 13.8. The fourth-order valence-corrected chi connectivity index (χ4v) is 1.05. The summed E-state index contributed by atoms with van der Waals surface area (Å²) in [5.41, 5.74) is 0. The van der Waals surface area contributed by atoms with Crippen LogP contribution in [0.2, 0.25) is 0 Å². The summed E-state index contributed by atoms with van der Waals surface area (Å²) < 4.78 is 0. The van der Waals surface area contributed by atoms with E-state index in [2.05, 4.69) is 6.92 Å². The van der Waals surface area contributed by atoms with Crippen LogP contribution in [0.25, 0.3) is 0 Å². The van der Waals surface area contributed by atoms with Gasteiger partial charge in [0.2, 0.25) is 0 Å². The van der Waals surface area contributed by atoms with E-state index in [0.29, 0.717) is 0 Å². The lowest BCUT2D eigenvalue weighted by Crippen LogP contribution is -2.30. The average molecular weight is 257 g/mol. The van der Waals surface area contributed by atoms with Gasteiger partial charge in [-0.3, -0.25) is 9.59 Å². The molecule has 0 amide bonds. The molecule has 0 aromatic heterocycles. The molecule has 0 aromatic rings. The lowest BCUT2D eigenvalue weighted by molar-refractivity contribution is -0.319. The van der Waals surface area contributed by atoms with Gasteiger partial charge in [0.25, 0.3) is 0 Å². The smallest absolute Gasteiger partial charge is 0.328 e. The van der Waals surface area contributed by atoms with Crippen molar-refractivity contribution in [3.8, 4) is 0 Å². The summed E-state index contributed by atoms with van der Waals surface area (Å²) in [6, 6.07) is 0. The Kier molecular flexibility index (Phi) is 9.96. The van der Waals surface area contributed by atoms with E-state index in [0.717, 1.165) is 24.5 Å². The van der Waals surface area contributed by atoms with E-state index < -0.39 is 11.9 Å². The summed E-state index contributed by atoms with van der Waals surface area (Å²) in [7, 11) is 0. The highest BCUT2D eigenvalue weighted by Gasteiger charge is 2.13. The maximum Gasteiger partial charge on any atom is 0.328 e. The van der Waals surface area contributed by atoms with E-state index in [4.69, 9.17) is 9.68 Å². The molecule has 18 heavy (non-hydrogen) atoms. The van der Waals surface area contributed by atoms with Gasteiger partial charge in [0.05, 0.1) is 6.54 Å². The van der Waals surface area contributed by atoms with Crippen molar-refractivity contribution in [2.45, 2.75) is 52.9 Å². The van der Waals surface area contributed by atoms with Gasteiger partial charge in [-0.05, 0) is 6.42 Å². The number of carbonyl (C=O) groups excluding carboxylic acids is 2. The van der Waals surface area contributed by atoms with Gasteiger partial charge in [-0.1, -0.05) is 45.8 Å². The molecule has 0 rings (SSSR count). The van der Waals surface area contributed by atoms with Gasteiger partial charge in [0.15, 0.2) is 0 Å². The van der Waals surface area contributed by atoms with E-state index in [1.165, 1.54) is 0 Å². The van der Waals surface area contributed by atoms with Crippen LogP contribution in [0.1, 0.15) is 52.9 Å². The molecule has 0 aromatic carbocycles. The second-order valence-electron chi connectivity index (χ2n) is 3.76. The first kappa shape index (κ1) is 16.6. The molecule has 0 saturated carbocycles. The molecule has 0 aliphatic rings. The van der Waals surface area contributed by atoms with Crippen molar-refractivity contribution < 1.29 is 19.3 Å². The molecule has 0 aliphatic carbocycles. The van der Waals surface area contributed by atoms with Crippen LogP contribution in [-0.2, 0) is 19.3 Å². The fourth-order valence-electron chi connectivity index (χ4n) is 1.05. The second kappa shape index (κ2) is 10.8. The Hall–Kier alpha value is -1.36. The minimum atomic E-state index is -0.430. The minimum Gasteiger partial charge on any atom is -0.333 e. The lowest BCUT2D eigenvalue weighted by Gasteiger charge is -2.17. The molecule has 0 fully saturated rings. The van der Waals surface area contributed by atoms with Gasteiger partial charge in [-0.15, -0.1) is 0 Å². The summed E-state index contributed by atoms with van der Waals surface area (Å²) in [5.74, 6) is -0.860. The van der Waals surface area contributed by atoms with Crippen molar-refractivity contribution in [1.82, 2.24) is 5.23 Å². The number of rotatable bonds is 9. The Labute approximate surface area is 109 Å². The normalized spacial score (nSPS) is 10.9. The largest absolute Gasteiger partial charge is 0.333 e. The molecule has 5 nitrogen and oxygen atoms in total. The van der Waals surface area contributed by atoms with Crippen molar-refractivity contribution in [3.63, 3.8) is 0 Å². The fraction of sp³-hybridized carbons (Fsp3) is 0.692. The number of hydrogen-bond acceptors (Lipinski definition) is 5. The third kappa shape index (κ3) is 8.75. The van der Waals surface area contributed by atoms with Gasteiger partial charge in [0.1, 0.15) is 0 Å². The predicted molar refractivity (Wildman–Crippen MR) is 68.1 cm³/mol. The molecule has 0 N–H and O–H groups in total. The highest BCUT2D eigenvalue weighted by molar-refractivity contribution is 5.70. The highest BCUT2D eigenvalue weighted by Crippen LogP contribution is 2.00. The zero-order valence-electron chi connectivity index (χ0n) is 11.5. The molecule has 0 atom stereocenters. The Morgan fingerprint density at radius 3 is 2.00 bits per heavy atom. The van der Waals surface area contributed by atoms with Crippen LogP contribution in [0.5, 0.6) is 0 Å². The van der Waals surface area contributed by atoms with Crippen LogP contribution < -0.4 is 0 Å². The SMILES string of the molecule is CCCCC=CCN(OC(=O)CC)OC(=O)CC. The quantitative estimate of drug-likeness (QED) is 0.361. The van der Waals surface area contributed by atoms with E-state index >= 15 is 0 Å². The first-order valence-electron chi connectivity index (χ1n) is 6.48. The summed E-state index contributed by atoms with van der Waals surface area (Å²) in [5, 5.41) is 0.931. The Morgan fingerprint density at radius 2 is 1.56 bits per heavy atom. The molecule has 5 heteroatoms. The first-order valence-corrected chi connectivity index (χ1v) is 6.48. The number of hydroxylamine groups is 2. The van der Waals surface area contributed by atoms with E-state index in [9.17, 15) is 9.59 Å². The van der Waals surface area contributed by atoms with Gasteiger partial charge < -0.3 is 9.68 Å². The number of nitrogens with zero attached hydrogens (tertiary/aromatic N) is 1. The Balaban J connectivity index is 4.15. The van der Waals surface area contributed by atoms with Crippen molar-refractivity contribution in [2.24, 2.45) is 0 Å². The van der Waals surface area contributed by atoms with Crippen molar-refractivity contribution in [3.05, 3.63) is 12.2 Å². The molecule has 104 valence electrons. The monoisotopic (exact) mass is 257 g/mol. The van der Waals surface area contributed by atoms with Crippen LogP contribution in [0, 0.1) is 0 Å². The van der Waals surface area contributed by atoms with Crippen molar-refractivity contribution in [2.75, 3.05) is 6.54 Å². The molecule has 0 radical (unpaired) electrons. The van der Waals surface area contributed by atoms with Crippen molar-refractivity contribution in [1.29, 1.82) is 0 Å². The summed E-state index contributed by atoms with van der Waals surface area (Å²) in [6.45, 7) is 5.73. The minimum absolute atomic E-state index is 0.236. The Morgan fingerprint density at radius 1 is 1.00 bits per heavy atom. The standard InChI is InChI=1S/C13H23NO4/c1-4-7-8-9-10-11-14(17-12(15)5-2)18-13(16)6-3/h9-10H,4-8,11H2,1-3H3. The predicted octanol–water partition coefficient (Wildman–Crippen LogP) is 2.77. The lowest BCUT2D eigenvalue weighted by atomic mass is 10.2. The number of carbonyl (C=O) groups is 2. The van der Waals surface area contributed by atoms with Crippen LogP contribution in [0.3, 0.4) is 0 Å². The third-order valence-corrected chi connectivity index (χ3v) is 2.13. The van der Waals surface area contributed by atoms with Crippen LogP contribution in [-0.4, -0.2) is 23.7 Å². The molecule has 0 unspecified atom stereocenters. The number of hydrogen-bond donors (Lipinski definition) is 0. The molecule has 0 heterocycles. The number of unbranched alkanes of at least 4 members (excludes halogenated alkanes) is 2. The van der Waals surface area contributed by atoms with Gasteiger partial charge in [0, 0.05) is 18.1 Å². The van der Waals surface area contributed by atoms with Crippen LogP contribution in [0.15, 0.2) is 12.2 Å². The molecule has 0 aliphatic heterocycles. The van der Waals surface area contributed by atoms with Crippen molar-refractivity contribution >= 4 is 11.9 Å². The van der Waals surface area contributed by atoms with E-state index in [1.807, 2.05) is 12.2 Å². The van der Waals surface area contributed by atoms with Gasteiger partial charge in [-0.2, -0.15) is 0 Å². The molecular weight excluding hydrogens is 234 g/mol. The first-order chi connectivity index (χ1) is 8.63. The van der Waals surface area contributed by atoms with Crippen LogP contribution >= 0.6 is 0 Å². The highest BCUT2D eigenvalue weighted by atomic mass is 17.0. The molecule has 0 bridgehead atoms. The molecular formula is C13H23NO4. The van der Waals surface area contributed by atoms with Crippen LogP contribution in [0.4, 0.5) is 0 Å². The zero-order valence-corrected chi connectivity index (χ0v) is 11.5. The Bertz CT molecular complexity index is 258. The average Bonchev–Trinajstić information content (AvgIpc) is 2.37.